The van der Waals surface area contributed by atoms with Gasteiger partial charge in [-0.05, 0) is 41.5 Å². The fraction of sp³-hybridized carbons (Fsp3) is 0.412. The third kappa shape index (κ3) is 4.35. The van der Waals surface area contributed by atoms with Crippen LogP contribution in [0.3, 0.4) is 0 Å². The topological polar surface area (TPSA) is 74.0 Å². The Morgan fingerprint density at radius 1 is 1.18 bits per heavy atom. The molecule has 0 radical (unpaired) electrons. The fourth-order valence-corrected chi connectivity index (χ4v) is 2.07. The van der Waals surface area contributed by atoms with Gasteiger partial charge in [-0.3, -0.25) is 4.79 Å². The first kappa shape index (κ1) is 16.1. The molecule has 118 valence electrons. The maximum Gasteiger partial charge on any atom is 0.315 e. The highest BCUT2D eigenvalue weighted by atomic mass is 16.2. The Morgan fingerprint density at radius 2 is 1.91 bits per heavy atom. The van der Waals surface area contributed by atoms with Crippen LogP contribution in [0.4, 0.5) is 4.79 Å². The predicted octanol–water partition coefficient (Wildman–Crippen LogP) is 2.68. The maximum atomic E-state index is 11.8. The number of H-pyrrole nitrogens is 1. The third-order valence-corrected chi connectivity index (χ3v) is 3.33. The van der Waals surface area contributed by atoms with E-state index in [-0.39, 0.29) is 17.0 Å². The number of pyridine rings is 1. The summed E-state index contributed by atoms with van der Waals surface area (Å²) in [5.74, 6) is 0. The second kappa shape index (κ2) is 6.22. The van der Waals surface area contributed by atoms with Crippen LogP contribution in [0.2, 0.25) is 0 Å². The quantitative estimate of drug-likeness (QED) is 0.815. The van der Waals surface area contributed by atoms with Crippen molar-refractivity contribution >= 4 is 16.9 Å². The first-order chi connectivity index (χ1) is 10.2. The third-order valence-electron chi connectivity index (χ3n) is 3.33. The Bertz CT molecular complexity index is 742. The molecule has 0 saturated heterocycles. The number of urea groups is 1. The lowest BCUT2D eigenvalue weighted by Gasteiger charge is -2.19. The molecule has 0 saturated carbocycles. The second-order valence-electron chi connectivity index (χ2n) is 6.80. The van der Waals surface area contributed by atoms with E-state index in [0.29, 0.717) is 18.7 Å². The number of amides is 2. The number of fused-ring (bicyclic) bond motifs is 1. The van der Waals surface area contributed by atoms with Crippen LogP contribution in [0.15, 0.2) is 29.1 Å². The molecular formula is C17H23N3O2. The van der Waals surface area contributed by atoms with Crippen LogP contribution in [0, 0.1) is 12.3 Å². The standard InChI is InChI=1S/C17H23N3O2/c1-11-7-13-8-12(5-6-14(13)20-15(11)21)9-18-16(22)19-10-17(2,3)4/h5-8H,9-10H2,1-4H3,(H,20,21)(H2,18,19,22). The minimum absolute atomic E-state index is 0.0592. The number of hydrogen-bond acceptors (Lipinski definition) is 2. The lowest BCUT2D eigenvalue weighted by atomic mass is 9.97. The monoisotopic (exact) mass is 301 g/mol. The van der Waals surface area contributed by atoms with Crippen molar-refractivity contribution < 1.29 is 4.79 Å². The summed E-state index contributed by atoms with van der Waals surface area (Å²) >= 11 is 0. The molecular weight excluding hydrogens is 278 g/mol. The number of aryl methyl sites for hydroxylation is 1. The lowest BCUT2D eigenvalue weighted by Crippen LogP contribution is -2.39. The van der Waals surface area contributed by atoms with E-state index in [1.54, 1.807) is 6.92 Å². The molecule has 5 heteroatoms. The summed E-state index contributed by atoms with van der Waals surface area (Å²) in [4.78, 5) is 26.2. The highest BCUT2D eigenvalue weighted by Crippen LogP contribution is 2.13. The van der Waals surface area contributed by atoms with Gasteiger partial charge in [-0.25, -0.2) is 4.79 Å². The molecule has 0 aliphatic rings. The first-order valence-electron chi connectivity index (χ1n) is 7.39. The van der Waals surface area contributed by atoms with Crippen LogP contribution in [-0.4, -0.2) is 17.6 Å². The molecule has 3 N–H and O–H groups in total. The predicted molar refractivity (Wildman–Crippen MR) is 89.0 cm³/mol. The van der Waals surface area contributed by atoms with E-state index in [9.17, 15) is 9.59 Å². The maximum absolute atomic E-state index is 11.8. The minimum atomic E-state index is -0.173. The molecule has 0 aliphatic carbocycles. The Balaban J connectivity index is 2.01. The molecule has 0 spiro atoms. The van der Waals surface area contributed by atoms with Crippen molar-refractivity contribution in [1.82, 2.24) is 15.6 Å². The van der Waals surface area contributed by atoms with Crippen molar-refractivity contribution in [3.05, 3.63) is 45.7 Å². The molecule has 1 aromatic carbocycles. The summed E-state index contributed by atoms with van der Waals surface area (Å²) in [7, 11) is 0. The molecule has 2 rings (SSSR count). The average molecular weight is 301 g/mol. The molecule has 1 heterocycles. The van der Waals surface area contributed by atoms with Gasteiger partial charge in [0.15, 0.2) is 0 Å². The molecule has 0 unspecified atom stereocenters. The van der Waals surface area contributed by atoms with Crippen LogP contribution in [0.5, 0.6) is 0 Å². The zero-order valence-electron chi connectivity index (χ0n) is 13.5. The molecule has 0 atom stereocenters. The number of nitrogens with one attached hydrogen (secondary N) is 3. The van der Waals surface area contributed by atoms with Crippen LogP contribution in [-0.2, 0) is 6.54 Å². The van der Waals surface area contributed by atoms with E-state index in [4.69, 9.17) is 0 Å². The zero-order valence-corrected chi connectivity index (χ0v) is 13.5. The number of rotatable bonds is 3. The summed E-state index contributed by atoms with van der Waals surface area (Å²) in [5.41, 5.74) is 2.46. The zero-order chi connectivity index (χ0) is 16.3. The number of aromatic amines is 1. The van der Waals surface area contributed by atoms with Crippen LogP contribution >= 0.6 is 0 Å². The summed E-state index contributed by atoms with van der Waals surface area (Å²) < 4.78 is 0. The van der Waals surface area contributed by atoms with E-state index in [1.165, 1.54) is 0 Å². The molecule has 22 heavy (non-hydrogen) atoms. The Labute approximate surface area is 130 Å². The normalized spacial score (nSPS) is 11.5. The number of hydrogen-bond donors (Lipinski definition) is 3. The number of carbonyl (C=O) groups is 1. The Hall–Kier alpha value is -2.30. The Morgan fingerprint density at radius 3 is 2.59 bits per heavy atom. The average Bonchev–Trinajstić information content (AvgIpc) is 2.43. The van der Waals surface area contributed by atoms with Gasteiger partial charge >= 0.3 is 6.03 Å². The molecule has 2 amide bonds. The number of carbonyl (C=O) groups excluding carboxylic acids is 1. The van der Waals surface area contributed by atoms with Gasteiger partial charge < -0.3 is 15.6 Å². The van der Waals surface area contributed by atoms with Gasteiger partial charge in [0, 0.05) is 24.2 Å². The molecule has 0 fully saturated rings. The van der Waals surface area contributed by atoms with E-state index in [1.807, 2.05) is 24.3 Å². The molecule has 0 aliphatic heterocycles. The van der Waals surface area contributed by atoms with E-state index >= 15 is 0 Å². The van der Waals surface area contributed by atoms with Crippen LogP contribution < -0.4 is 16.2 Å². The van der Waals surface area contributed by atoms with Gasteiger partial charge in [0.1, 0.15) is 0 Å². The molecule has 1 aromatic heterocycles. The smallest absolute Gasteiger partial charge is 0.315 e. The van der Waals surface area contributed by atoms with Gasteiger partial charge in [0.2, 0.25) is 0 Å². The summed E-state index contributed by atoms with van der Waals surface area (Å²) in [6.07, 6.45) is 0. The van der Waals surface area contributed by atoms with Gasteiger partial charge in [-0.1, -0.05) is 26.8 Å². The van der Waals surface area contributed by atoms with E-state index < -0.39 is 0 Å². The van der Waals surface area contributed by atoms with Gasteiger partial charge in [0.25, 0.3) is 5.56 Å². The van der Waals surface area contributed by atoms with Crippen LogP contribution in [0.25, 0.3) is 10.9 Å². The van der Waals surface area contributed by atoms with E-state index in [2.05, 4.69) is 36.4 Å². The van der Waals surface area contributed by atoms with Crippen LogP contribution in [0.1, 0.15) is 31.9 Å². The minimum Gasteiger partial charge on any atom is -0.338 e. The van der Waals surface area contributed by atoms with Gasteiger partial charge in [-0.2, -0.15) is 0 Å². The molecule has 0 bridgehead atoms. The fourth-order valence-electron chi connectivity index (χ4n) is 2.07. The molecule has 5 nitrogen and oxygen atoms in total. The van der Waals surface area contributed by atoms with Crippen molar-refractivity contribution in [2.75, 3.05) is 6.54 Å². The lowest BCUT2D eigenvalue weighted by molar-refractivity contribution is 0.235. The van der Waals surface area contributed by atoms with Crippen molar-refractivity contribution in [2.24, 2.45) is 5.41 Å². The summed E-state index contributed by atoms with van der Waals surface area (Å²) in [5, 5.41) is 6.65. The van der Waals surface area contributed by atoms with Gasteiger partial charge in [0.05, 0.1) is 0 Å². The molecule has 2 aromatic rings. The Kier molecular flexibility index (Phi) is 4.54. The summed E-state index contributed by atoms with van der Waals surface area (Å²) in [6, 6.07) is 7.42. The number of aromatic nitrogens is 1. The van der Waals surface area contributed by atoms with Crippen molar-refractivity contribution in [2.45, 2.75) is 34.2 Å². The first-order valence-corrected chi connectivity index (χ1v) is 7.39. The van der Waals surface area contributed by atoms with Crippen molar-refractivity contribution in [1.29, 1.82) is 0 Å². The number of benzene rings is 1. The largest absolute Gasteiger partial charge is 0.338 e. The highest BCUT2D eigenvalue weighted by Gasteiger charge is 2.11. The highest BCUT2D eigenvalue weighted by molar-refractivity contribution is 5.80. The van der Waals surface area contributed by atoms with E-state index in [0.717, 1.165) is 16.5 Å². The summed E-state index contributed by atoms with van der Waals surface area (Å²) in [6.45, 7) is 9.06. The second-order valence-corrected chi connectivity index (χ2v) is 6.80. The van der Waals surface area contributed by atoms with Crippen molar-refractivity contribution in [3.8, 4) is 0 Å². The van der Waals surface area contributed by atoms with Crippen molar-refractivity contribution in [3.63, 3.8) is 0 Å². The SMILES string of the molecule is Cc1cc2cc(CNC(=O)NCC(C)(C)C)ccc2[nH]c1=O. The van der Waals surface area contributed by atoms with Gasteiger partial charge in [-0.15, -0.1) is 0 Å².